The fourth-order valence-electron chi connectivity index (χ4n) is 3.92. The summed E-state index contributed by atoms with van der Waals surface area (Å²) in [5.74, 6) is 6.23. The highest BCUT2D eigenvalue weighted by atomic mass is 79.9. The molecule has 2 amide bonds. The molecule has 0 heterocycles. The fraction of sp³-hybridized carbons (Fsp3) is 0.621. The van der Waals surface area contributed by atoms with Gasteiger partial charge >= 0.3 is 0 Å². The Kier molecular flexibility index (Phi) is 13.5. The van der Waals surface area contributed by atoms with Crippen LogP contribution in [0.4, 0.5) is 3.89 Å². The zero-order valence-electron chi connectivity index (χ0n) is 24.0. The Balaban J connectivity index is 2.63. The van der Waals surface area contributed by atoms with Crippen LogP contribution in [0, 0.1) is 22.7 Å². The monoisotopic (exact) mass is 611 g/mol. The number of benzene rings is 1. The smallest absolute Gasteiger partial charge is 0.251 e. The Bertz CT molecular complexity index is 1010. The number of carbonyl (C=O) groups excluding carboxylic acids is 2. The molecule has 0 radical (unpaired) electrons. The number of hydrazone groups is 1. The molecule has 1 aromatic rings. The van der Waals surface area contributed by atoms with Crippen molar-refractivity contribution in [3.05, 3.63) is 35.4 Å². The van der Waals surface area contributed by atoms with E-state index in [1.165, 1.54) is 0 Å². The third-order valence-corrected chi connectivity index (χ3v) is 6.64. The van der Waals surface area contributed by atoms with Crippen molar-refractivity contribution in [1.29, 1.82) is 0 Å². The standard InChI is InChI=1S/C29H43BrFN3O3S/c1-26(2,14-9-17-30)21-27(3,4)25(36)34-32-20-22-10-12-23(13-11-22)24(35)33-28(5,6)15-18-37-29(7,8)16-19-38-31/h10-13,20H,15-19,21H2,1-8H3,(H,33,35)(H,34,36)/b32-20+. The average molecular weight is 613 g/mol. The lowest BCUT2D eigenvalue weighted by Crippen LogP contribution is -2.44. The van der Waals surface area contributed by atoms with Crippen LogP contribution >= 0.6 is 28.1 Å². The van der Waals surface area contributed by atoms with E-state index in [1.54, 1.807) is 30.5 Å². The van der Waals surface area contributed by atoms with Crippen LogP contribution in [-0.2, 0) is 9.53 Å². The Labute approximate surface area is 241 Å². The average Bonchev–Trinajstić information content (AvgIpc) is 2.80. The number of nitrogens with one attached hydrogen (secondary N) is 2. The minimum atomic E-state index is -0.648. The van der Waals surface area contributed by atoms with Crippen molar-refractivity contribution in [2.75, 3.05) is 17.7 Å². The highest BCUT2D eigenvalue weighted by Gasteiger charge is 2.34. The molecule has 6 nitrogen and oxygen atoms in total. The molecule has 2 N–H and O–H groups in total. The predicted molar refractivity (Wildman–Crippen MR) is 160 cm³/mol. The van der Waals surface area contributed by atoms with Gasteiger partial charge in [0.25, 0.3) is 5.91 Å². The molecular formula is C29H43BrFN3O3S. The van der Waals surface area contributed by atoms with Gasteiger partial charge in [0.15, 0.2) is 0 Å². The van der Waals surface area contributed by atoms with Crippen LogP contribution in [0.5, 0.6) is 0 Å². The van der Waals surface area contributed by atoms with Gasteiger partial charge in [-0.1, -0.05) is 53.8 Å². The van der Waals surface area contributed by atoms with Gasteiger partial charge in [-0.15, -0.1) is 0 Å². The van der Waals surface area contributed by atoms with Crippen LogP contribution in [0.2, 0.25) is 0 Å². The number of carbonyl (C=O) groups is 2. The second kappa shape index (κ2) is 15.0. The number of alkyl halides is 1. The number of hydrogen-bond acceptors (Lipinski definition) is 5. The summed E-state index contributed by atoms with van der Waals surface area (Å²) in [7, 11) is 0. The van der Waals surface area contributed by atoms with Crippen LogP contribution in [0.15, 0.2) is 29.4 Å². The lowest BCUT2D eigenvalue weighted by atomic mass is 9.75. The Morgan fingerprint density at radius 3 is 2.29 bits per heavy atom. The second-order valence-corrected chi connectivity index (χ2v) is 13.1. The van der Waals surface area contributed by atoms with Crippen LogP contribution < -0.4 is 10.7 Å². The van der Waals surface area contributed by atoms with Gasteiger partial charge in [-0.05, 0) is 78.5 Å². The number of hydrogen-bond donors (Lipinski definition) is 2. The molecule has 212 valence electrons. The first-order valence-corrected chi connectivity index (χ1v) is 14.7. The predicted octanol–water partition coefficient (Wildman–Crippen LogP) is 6.68. The van der Waals surface area contributed by atoms with Gasteiger partial charge in [0.05, 0.1) is 17.1 Å². The van der Waals surface area contributed by atoms with E-state index in [0.717, 1.165) is 5.56 Å². The van der Waals surface area contributed by atoms with Crippen molar-refractivity contribution in [3.63, 3.8) is 0 Å². The zero-order valence-corrected chi connectivity index (χ0v) is 26.4. The highest BCUT2D eigenvalue weighted by Crippen LogP contribution is 2.33. The molecule has 1 aromatic carbocycles. The quantitative estimate of drug-likeness (QED) is 0.106. The third-order valence-electron chi connectivity index (χ3n) is 6.00. The van der Waals surface area contributed by atoms with Crippen molar-refractivity contribution in [2.45, 2.75) is 85.8 Å². The third kappa shape index (κ3) is 13.3. The summed E-state index contributed by atoms with van der Waals surface area (Å²) < 4.78 is 18.3. The van der Waals surface area contributed by atoms with Crippen molar-refractivity contribution in [3.8, 4) is 11.8 Å². The van der Waals surface area contributed by atoms with Crippen molar-refractivity contribution in [1.82, 2.24) is 10.7 Å². The zero-order chi connectivity index (χ0) is 29.0. The summed E-state index contributed by atoms with van der Waals surface area (Å²) in [5.41, 5.74) is 2.06. The maximum Gasteiger partial charge on any atom is 0.251 e. The van der Waals surface area contributed by atoms with Gasteiger partial charge in [0.2, 0.25) is 5.91 Å². The number of rotatable bonds is 14. The summed E-state index contributed by atoms with van der Waals surface area (Å²) in [5, 5.41) is 7.74. The van der Waals surface area contributed by atoms with Gasteiger partial charge in [0, 0.05) is 46.4 Å². The molecule has 38 heavy (non-hydrogen) atoms. The lowest BCUT2D eigenvalue weighted by Gasteiger charge is -2.30. The Hall–Kier alpha value is -1.89. The van der Waals surface area contributed by atoms with E-state index in [0.29, 0.717) is 54.7 Å². The molecule has 0 bridgehead atoms. The molecule has 0 saturated carbocycles. The summed E-state index contributed by atoms with van der Waals surface area (Å²) in [6, 6.07) is 6.99. The minimum absolute atomic E-state index is 0.186. The highest BCUT2D eigenvalue weighted by molar-refractivity contribution is 9.09. The van der Waals surface area contributed by atoms with Crippen molar-refractivity contribution < 1.29 is 18.2 Å². The fourth-order valence-corrected chi connectivity index (χ4v) is 4.63. The van der Waals surface area contributed by atoms with Crippen molar-refractivity contribution >= 4 is 46.1 Å². The molecular weight excluding hydrogens is 569 g/mol. The van der Waals surface area contributed by atoms with E-state index in [9.17, 15) is 13.5 Å². The van der Waals surface area contributed by atoms with Crippen LogP contribution in [0.25, 0.3) is 0 Å². The number of amides is 2. The van der Waals surface area contributed by atoms with Gasteiger partial charge in [-0.25, -0.2) is 5.43 Å². The maximum atomic E-state index is 12.8. The molecule has 0 atom stereocenters. The summed E-state index contributed by atoms with van der Waals surface area (Å²) in [6.07, 6.45) is 3.37. The first kappa shape index (κ1) is 34.1. The molecule has 0 aromatic heterocycles. The van der Waals surface area contributed by atoms with Crippen LogP contribution in [0.1, 0.15) is 90.6 Å². The van der Waals surface area contributed by atoms with E-state index in [1.807, 2.05) is 55.4 Å². The number of nitrogens with zero attached hydrogens (tertiary/aromatic N) is 1. The Morgan fingerprint density at radius 2 is 1.71 bits per heavy atom. The normalized spacial score (nSPS) is 12.7. The molecule has 0 aliphatic carbocycles. The minimum Gasteiger partial charge on any atom is -0.375 e. The van der Waals surface area contributed by atoms with E-state index < -0.39 is 16.6 Å². The topological polar surface area (TPSA) is 79.8 Å². The molecule has 0 saturated heterocycles. The molecule has 0 aliphatic rings. The van der Waals surface area contributed by atoms with Gasteiger partial charge in [-0.3, -0.25) is 9.59 Å². The van der Waals surface area contributed by atoms with E-state index in [2.05, 4.69) is 43.6 Å². The summed E-state index contributed by atoms with van der Waals surface area (Å²) in [4.78, 5) is 25.5. The molecule has 0 aliphatic heterocycles. The SMILES string of the molecule is CC(C)(C#CCBr)CC(C)(C)C(=O)N/N=C/c1ccc(C(=O)NC(C)(C)CCOC(C)(C)CCSF)cc1. The molecule has 0 unspecified atom stereocenters. The van der Waals surface area contributed by atoms with Crippen LogP contribution in [-0.4, -0.2) is 46.9 Å². The van der Waals surface area contributed by atoms with Gasteiger partial charge in [0.1, 0.15) is 0 Å². The van der Waals surface area contributed by atoms with Crippen molar-refractivity contribution in [2.24, 2.45) is 15.9 Å². The lowest BCUT2D eigenvalue weighted by molar-refractivity contribution is -0.130. The first-order valence-electron chi connectivity index (χ1n) is 12.7. The maximum absolute atomic E-state index is 12.8. The van der Waals surface area contributed by atoms with E-state index in [-0.39, 0.29) is 17.2 Å². The molecule has 1 rings (SSSR count). The van der Waals surface area contributed by atoms with Crippen LogP contribution in [0.3, 0.4) is 0 Å². The van der Waals surface area contributed by atoms with E-state index in [4.69, 9.17) is 4.74 Å². The first-order chi connectivity index (χ1) is 17.5. The molecule has 9 heteroatoms. The molecule has 0 spiro atoms. The number of halogens is 2. The summed E-state index contributed by atoms with van der Waals surface area (Å²) in [6.45, 7) is 16.0. The number of ether oxygens (including phenoxy) is 1. The Morgan fingerprint density at radius 1 is 1.08 bits per heavy atom. The van der Waals surface area contributed by atoms with Gasteiger partial charge in [-0.2, -0.15) is 8.99 Å². The molecule has 0 fully saturated rings. The second-order valence-electron chi connectivity index (χ2n) is 12.0. The summed E-state index contributed by atoms with van der Waals surface area (Å²) >= 11 is 3.62. The van der Waals surface area contributed by atoms with Gasteiger partial charge < -0.3 is 10.1 Å². The largest absolute Gasteiger partial charge is 0.375 e. The van der Waals surface area contributed by atoms with E-state index >= 15 is 0 Å².